The Hall–Kier alpha value is -1.44. The molecule has 0 N–H and O–H groups in total. The molecule has 0 amide bonds. The highest BCUT2D eigenvalue weighted by Gasteiger charge is 2.24. The molecule has 0 saturated carbocycles. The minimum absolute atomic E-state index is 0.198. The molecule has 0 fully saturated rings. The van der Waals surface area contributed by atoms with Crippen LogP contribution >= 0.6 is 22.0 Å². The fourth-order valence-corrected chi connectivity index (χ4v) is 4.11. The van der Waals surface area contributed by atoms with Gasteiger partial charge in [0.05, 0.1) is 0 Å². The second kappa shape index (κ2) is 5.40. The van der Waals surface area contributed by atoms with Crippen LogP contribution in [0.5, 0.6) is 0 Å². The molecular weight excluding hydrogens is 330 g/mol. The summed E-state index contributed by atoms with van der Waals surface area (Å²) in [5.41, 5.74) is 0.878. The van der Waals surface area contributed by atoms with Crippen LogP contribution in [0.4, 0.5) is 0 Å². The zero-order chi connectivity index (χ0) is 15.0. The van der Waals surface area contributed by atoms with Crippen molar-refractivity contribution in [3.63, 3.8) is 0 Å². The van der Waals surface area contributed by atoms with Crippen molar-refractivity contribution in [2.24, 2.45) is 0 Å². The van der Waals surface area contributed by atoms with Gasteiger partial charge in [0.25, 0.3) is 14.2 Å². The van der Waals surface area contributed by atoms with E-state index >= 15 is 0 Å². The maximum Gasteiger partial charge on any atom is 0.296 e. The number of rotatable bonds is 4. The van der Waals surface area contributed by atoms with Gasteiger partial charge < -0.3 is 0 Å². The standard InChI is InChI=1S/C13H12ClN3O2S2/c1-2-7-17-12(15-16-13(17)21(14,18)19)10-8-20-11-6-4-3-5-9(10)11/h3-6,8H,2,7H2,1H3. The van der Waals surface area contributed by atoms with Gasteiger partial charge in [-0.2, -0.15) is 0 Å². The Morgan fingerprint density at radius 2 is 2.05 bits per heavy atom. The Labute approximate surface area is 130 Å². The second-order valence-electron chi connectivity index (χ2n) is 4.54. The Bertz CT molecular complexity index is 899. The molecule has 3 aromatic rings. The summed E-state index contributed by atoms with van der Waals surface area (Å²) in [7, 11) is 1.53. The predicted octanol–water partition coefficient (Wildman–Crippen LogP) is 3.50. The van der Waals surface area contributed by atoms with Crippen molar-refractivity contribution in [3.8, 4) is 11.4 Å². The van der Waals surface area contributed by atoms with E-state index in [0.717, 1.165) is 22.1 Å². The third-order valence-electron chi connectivity index (χ3n) is 3.10. The maximum atomic E-state index is 11.6. The zero-order valence-electron chi connectivity index (χ0n) is 11.2. The minimum atomic E-state index is -3.91. The summed E-state index contributed by atoms with van der Waals surface area (Å²) in [5, 5.41) is 10.6. The molecular formula is C13H12ClN3O2S2. The van der Waals surface area contributed by atoms with Crippen LogP contribution in [0, 0.1) is 0 Å². The molecule has 21 heavy (non-hydrogen) atoms. The van der Waals surface area contributed by atoms with E-state index in [4.69, 9.17) is 10.7 Å². The Morgan fingerprint density at radius 1 is 1.29 bits per heavy atom. The van der Waals surface area contributed by atoms with Crippen LogP contribution in [-0.2, 0) is 15.6 Å². The molecule has 3 rings (SSSR count). The molecule has 2 aromatic heterocycles. The van der Waals surface area contributed by atoms with Crippen LogP contribution < -0.4 is 0 Å². The molecule has 0 aliphatic rings. The van der Waals surface area contributed by atoms with Gasteiger partial charge in [-0.05, 0) is 12.5 Å². The van der Waals surface area contributed by atoms with E-state index in [9.17, 15) is 8.42 Å². The molecule has 1 aromatic carbocycles. The first-order valence-electron chi connectivity index (χ1n) is 6.37. The lowest BCUT2D eigenvalue weighted by Gasteiger charge is -2.06. The molecule has 0 saturated heterocycles. The lowest BCUT2D eigenvalue weighted by molar-refractivity contribution is 0.570. The summed E-state index contributed by atoms with van der Waals surface area (Å²) in [6.07, 6.45) is 0.756. The number of thiophene rings is 1. The molecule has 0 atom stereocenters. The molecule has 0 radical (unpaired) electrons. The normalized spacial score (nSPS) is 12.1. The number of halogens is 1. The van der Waals surface area contributed by atoms with Crippen molar-refractivity contribution in [2.75, 3.05) is 0 Å². The highest BCUT2D eigenvalue weighted by molar-refractivity contribution is 8.13. The average molecular weight is 342 g/mol. The molecule has 110 valence electrons. The quantitative estimate of drug-likeness (QED) is 0.681. The molecule has 0 aliphatic carbocycles. The number of nitrogens with zero attached hydrogens (tertiary/aromatic N) is 3. The van der Waals surface area contributed by atoms with Crippen LogP contribution in [0.2, 0.25) is 0 Å². The predicted molar refractivity (Wildman–Crippen MR) is 84.2 cm³/mol. The first kappa shape index (κ1) is 14.5. The second-order valence-corrected chi connectivity index (χ2v) is 7.91. The molecule has 8 heteroatoms. The van der Waals surface area contributed by atoms with Crippen LogP contribution in [0.15, 0.2) is 34.8 Å². The third-order valence-corrected chi connectivity index (χ3v) is 5.22. The molecule has 2 heterocycles. The van der Waals surface area contributed by atoms with E-state index in [1.807, 2.05) is 36.6 Å². The number of benzene rings is 1. The molecule has 0 bridgehead atoms. The van der Waals surface area contributed by atoms with Gasteiger partial charge in [0.1, 0.15) is 0 Å². The van der Waals surface area contributed by atoms with Gasteiger partial charge in [-0.1, -0.05) is 25.1 Å². The third kappa shape index (κ3) is 2.56. The molecule has 5 nitrogen and oxygen atoms in total. The summed E-state index contributed by atoms with van der Waals surface area (Å²) in [4.78, 5) is 0. The topological polar surface area (TPSA) is 64.8 Å². The lowest BCUT2D eigenvalue weighted by Crippen LogP contribution is -2.07. The summed E-state index contributed by atoms with van der Waals surface area (Å²) in [6, 6.07) is 7.91. The monoisotopic (exact) mass is 341 g/mol. The van der Waals surface area contributed by atoms with E-state index < -0.39 is 9.05 Å². The van der Waals surface area contributed by atoms with E-state index in [-0.39, 0.29) is 5.16 Å². The highest BCUT2D eigenvalue weighted by atomic mass is 35.7. The average Bonchev–Trinajstić information content (AvgIpc) is 3.02. The largest absolute Gasteiger partial charge is 0.297 e. The van der Waals surface area contributed by atoms with E-state index in [1.165, 1.54) is 0 Å². The van der Waals surface area contributed by atoms with Gasteiger partial charge >= 0.3 is 0 Å². The Morgan fingerprint density at radius 3 is 2.76 bits per heavy atom. The van der Waals surface area contributed by atoms with Gasteiger partial charge in [-0.25, -0.2) is 8.42 Å². The molecule has 0 spiro atoms. The van der Waals surface area contributed by atoms with Crippen molar-refractivity contribution in [3.05, 3.63) is 29.6 Å². The minimum Gasteiger partial charge on any atom is -0.297 e. The smallest absolute Gasteiger partial charge is 0.296 e. The summed E-state index contributed by atoms with van der Waals surface area (Å²) >= 11 is 1.59. The van der Waals surface area contributed by atoms with E-state index in [0.29, 0.717) is 12.4 Å². The van der Waals surface area contributed by atoms with Gasteiger partial charge in [-0.15, -0.1) is 21.5 Å². The zero-order valence-corrected chi connectivity index (χ0v) is 13.5. The van der Waals surface area contributed by atoms with Crippen molar-refractivity contribution in [1.29, 1.82) is 0 Å². The SMILES string of the molecule is CCCn1c(-c2csc3ccccc23)nnc1S(=O)(=O)Cl. The molecule has 0 unspecified atom stereocenters. The molecule has 0 aliphatic heterocycles. The van der Waals surface area contributed by atoms with Crippen LogP contribution in [0.1, 0.15) is 13.3 Å². The summed E-state index contributed by atoms with van der Waals surface area (Å²) < 4.78 is 25.9. The van der Waals surface area contributed by atoms with Crippen molar-refractivity contribution in [1.82, 2.24) is 14.8 Å². The van der Waals surface area contributed by atoms with Crippen LogP contribution in [0.3, 0.4) is 0 Å². The lowest BCUT2D eigenvalue weighted by atomic mass is 10.1. The first-order chi connectivity index (χ1) is 10.0. The maximum absolute atomic E-state index is 11.6. The van der Waals surface area contributed by atoms with Gasteiger partial charge in [-0.3, -0.25) is 4.57 Å². The van der Waals surface area contributed by atoms with Gasteiger partial charge in [0.15, 0.2) is 5.82 Å². The Balaban J connectivity index is 2.25. The number of hydrogen-bond donors (Lipinski definition) is 0. The number of fused-ring (bicyclic) bond motifs is 1. The van der Waals surface area contributed by atoms with Crippen LogP contribution in [0.25, 0.3) is 21.5 Å². The summed E-state index contributed by atoms with van der Waals surface area (Å²) in [6.45, 7) is 2.45. The fraction of sp³-hybridized carbons (Fsp3) is 0.231. The van der Waals surface area contributed by atoms with Crippen molar-refractivity contribution < 1.29 is 8.42 Å². The van der Waals surface area contributed by atoms with E-state index in [1.54, 1.807) is 15.9 Å². The first-order valence-corrected chi connectivity index (χ1v) is 9.55. The van der Waals surface area contributed by atoms with Gasteiger partial charge in [0.2, 0.25) is 0 Å². The Kier molecular flexibility index (Phi) is 3.73. The highest BCUT2D eigenvalue weighted by Crippen LogP contribution is 2.34. The van der Waals surface area contributed by atoms with Crippen molar-refractivity contribution in [2.45, 2.75) is 25.0 Å². The van der Waals surface area contributed by atoms with Crippen LogP contribution in [-0.4, -0.2) is 23.2 Å². The van der Waals surface area contributed by atoms with E-state index in [2.05, 4.69) is 10.2 Å². The number of aromatic nitrogens is 3. The number of hydrogen-bond acceptors (Lipinski definition) is 5. The van der Waals surface area contributed by atoms with Crippen molar-refractivity contribution >= 4 is 41.2 Å². The van der Waals surface area contributed by atoms with Gasteiger partial charge in [0, 0.05) is 38.3 Å². The fourth-order valence-electron chi connectivity index (χ4n) is 2.24. The summed E-state index contributed by atoms with van der Waals surface area (Å²) in [5.74, 6) is 0.536.